The second-order valence-corrected chi connectivity index (χ2v) is 8.79. The quantitative estimate of drug-likeness (QED) is 0.713. The molecule has 2 fully saturated rings. The highest BCUT2D eigenvalue weighted by atomic mass is 32.2. The van der Waals surface area contributed by atoms with Crippen LogP contribution in [0.5, 0.6) is 0 Å². The molecule has 1 N–H and O–H groups in total. The summed E-state index contributed by atoms with van der Waals surface area (Å²) in [6.45, 7) is 5.13. The monoisotopic (exact) mass is 423 g/mol. The maximum absolute atomic E-state index is 11.7. The molecular weight excluding hydrogens is 398 g/mol. The van der Waals surface area contributed by atoms with E-state index in [-0.39, 0.29) is 11.1 Å². The third kappa shape index (κ3) is 5.52. The number of imide groups is 1. The third-order valence-corrected chi connectivity index (χ3v) is 6.27. The number of nitrogens with zero attached hydrogens (tertiary/aromatic N) is 4. The molecule has 30 heavy (non-hydrogen) atoms. The van der Waals surface area contributed by atoms with E-state index in [9.17, 15) is 9.59 Å². The molecule has 2 aromatic rings. The van der Waals surface area contributed by atoms with Crippen LogP contribution in [0.3, 0.4) is 0 Å². The van der Waals surface area contributed by atoms with Gasteiger partial charge in [-0.3, -0.25) is 24.8 Å². The molecule has 156 valence electrons. The van der Waals surface area contributed by atoms with Crippen molar-refractivity contribution in [1.29, 1.82) is 0 Å². The Morgan fingerprint density at radius 1 is 1.20 bits per heavy atom. The summed E-state index contributed by atoms with van der Waals surface area (Å²) in [6.07, 6.45) is 7.59. The smallest absolute Gasteiger partial charge is 0.290 e. The largest absolute Gasteiger partial charge is 0.297 e. The zero-order chi connectivity index (χ0) is 20.9. The van der Waals surface area contributed by atoms with E-state index in [1.807, 2.05) is 13.0 Å². The highest BCUT2D eigenvalue weighted by Crippen LogP contribution is 2.25. The first kappa shape index (κ1) is 20.7. The van der Waals surface area contributed by atoms with Crippen molar-refractivity contribution in [3.05, 3.63) is 58.3 Å². The number of thioether (sulfide) groups is 1. The minimum Gasteiger partial charge on any atom is -0.297 e. The topological polar surface area (TPSA) is 88.1 Å². The van der Waals surface area contributed by atoms with Crippen molar-refractivity contribution in [3.8, 4) is 0 Å². The number of likely N-dealkylation sites (tertiary alicyclic amines) is 1. The molecule has 0 atom stereocenters. The maximum atomic E-state index is 11.7. The molecule has 2 saturated heterocycles. The van der Waals surface area contributed by atoms with Crippen LogP contribution in [0.25, 0.3) is 6.08 Å². The van der Waals surface area contributed by atoms with Crippen LogP contribution in [0.15, 0.2) is 35.4 Å². The molecule has 0 unspecified atom stereocenters. The molecule has 0 spiro atoms. The zero-order valence-corrected chi connectivity index (χ0v) is 17.8. The van der Waals surface area contributed by atoms with Crippen LogP contribution < -0.4 is 5.32 Å². The Bertz CT molecular complexity index is 970. The molecule has 0 bridgehead atoms. The molecule has 2 aromatic heterocycles. The van der Waals surface area contributed by atoms with Crippen molar-refractivity contribution in [2.24, 2.45) is 5.92 Å². The first-order chi connectivity index (χ1) is 14.5. The van der Waals surface area contributed by atoms with E-state index >= 15 is 0 Å². The van der Waals surface area contributed by atoms with Gasteiger partial charge in [0.15, 0.2) is 0 Å². The number of hydrogen-bond acceptors (Lipinski definition) is 7. The van der Waals surface area contributed by atoms with Crippen LogP contribution in [0.2, 0.25) is 0 Å². The van der Waals surface area contributed by atoms with Gasteiger partial charge in [0.2, 0.25) is 0 Å². The van der Waals surface area contributed by atoms with E-state index < -0.39 is 0 Å². The van der Waals surface area contributed by atoms with Crippen molar-refractivity contribution in [2.75, 3.05) is 13.1 Å². The average Bonchev–Trinajstić information content (AvgIpc) is 3.04. The standard InChI is InChI=1S/C22H25N5O2S/c1-15-3-2-4-18(24-15)14-27-11-8-16(9-12-27)5-6-20-23-10-7-17(25-20)13-19-21(28)26-22(29)30-19/h2-4,7,10,13,16H,5-6,8-9,11-12,14H2,1H3,(H,26,28,29)/b19-13-. The SMILES string of the molecule is Cc1cccc(CN2CCC(CCc3nccc(/C=C4\SC(=O)NC4=O)n3)CC2)n1. The highest BCUT2D eigenvalue weighted by molar-refractivity contribution is 8.18. The number of nitrogens with one attached hydrogen (secondary N) is 1. The van der Waals surface area contributed by atoms with Crippen molar-refractivity contribution in [2.45, 2.75) is 39.2 Å². The molecule has 2 aliphatic heterocycles. The molecule has 2 aliphatic rings. The number of piperidine rings is 1. The molecule has 4 rings (SSSR count). The summed E-state index contributed by atoms with van der Waals surface area (Å²) >= 11 is 0.904. The predicted octanol–water partition coefficient (Wildman–Crippen LogP) is 3.35. The molecule has 0 aliphatic carbocycles. The minimum atomic E-state index is -0.363. The van der Waals surface area contributed by atoms with Gasteiger partial charge in [0.1, 0.15) is 5.82 Å². The fourth-order valence-corrected chi connectivity index (χ4v) is 4.52. The van der Waals surface area contributed by atoms with Gasteiger partial charge in [-0.15, -0.1) is 0 Å². The lowest BCUT2D eigenvalue weighted by Gasteiger charge is -2.31. The highest BCUT2D eigenvalue weighted by Gasteiger charge is 2.25. The van der Waals surface area contributed by atoms with Crippen molar-refractivity contribution >= 4 is 29.0 Å². The van der Waals surface area contributed by atoms with Crippen LogP contribution in [0.1, 0.15) is 42.2 Å². The van der Waals surface area contributed by atoms with E-state index in [0.717, 1.165) is 61.5 Å². The number of rotatable bonds is 6. The van der Waals surface area contributed by atoms with E-state index in [1.165, 1.54) is 12.8 Å². The van der Waals surface area contributed by atoms with Gasteiger partial charge in [0.05, 0.1) is 16.3 Å². The third-order valence-electron chi connectivity index (χ3n) is 5.46. The summed E-state index contributed by atoms with van der Waals surface area (Å²) in [5.74, 6) is 1.09. The Morgan fingerprint density at radius 2 is 2.03 bits per heavy atom. The summed E-state index contributed by atoms with van der Waals surface area (Å²) in [5, 5.41) is 1.91. The van der Waals surface area contributed by atoms with Gasteiger partial charge < -0.3 is 0 Å². The number of amides is 2. The van der Waals surface area contributed by atoms with Crippen LogP contribution in [0.4, 0.5) is 4.79 Å². The predicted molar refractivity (Wildman–Crippen MR) is 116 cm³/mol. The lowest BCUT2D eigenvalue weighted by Crippen LogP contribution is -2.33. The maximum Gasteiger partial charge on any atom is 0.290 e. The Hall–Kier alpha value is -2.58. The van der Waals surface area contributed by atoms with Crippen molar-refractivity contribution < 1.29 is 9.59 Å². The second-order valence-electron chi connectivity index (χ2n) is 7.78. The van der Waals surface area contributed by atoms with Crippen LogP contribution in [0, 0.1) is 12.8 Å². The molecule has 0 radical (unpaired) electrons. The van der Waals surface area contributed by atoms with Gasteiger partial charge in [-0.25, -0.2) is 9.97 Å². The summed E-state index contributed by atoms with van der Waals surface area (Å²) in [6, 6.07) is 7.96. The minimum absolute atomic E-state index is 0.343. The first-order valence-corrected chi connectivity index (χ1v) is 11.1. The first-order valence-electron chi connectivity index (χ1n) is 10.3. The van der Waals surface area contributed by atoms with Crippen LogP contribution >= 0.6 is 11.8 Å². The molecule has 8 heteroatoms. The average molecular weight is 424 g/mol. The van der Waals surface area contributed by atoms with Gasteiger partial charge in [0, 0.05) is 24.9 Å². The molecule has 0 aromatic carbocycles. The molecule has 7 nitrogen and oxygen atoms in total. The number of carbonyl (C=O) groups is 2. The van der Waals surface area contributed by atoms with Crippen LogP contribution in [-0.4, -0.2) is 44.1 Å². The van der Waals surface area contributed by atoms with Gasteiger partial charge in [-0.05, 0) is 81.2 Å². The van der Waals surface area contributed by atoms with Gasteiger partial charge >= 0.3 is 0 Å². The Balaban J connectivity index is 1.26. The summed E-state index contributed by atoms with van der Waals surface area (Å²) in [5.41, 5.74) is 2.87. The molecule has 4 heterocycles. The summed E-state index contributed by atoms with van der Waals surface area (Å²) in [7, 11) is 0. The second kappa shape index (κ2) is 9.49. The van der Waals surface area contributed by atoms with E-state index in [0.29, 0.717) is 16.5 Å². The van der Waals surface area contributed by atoms with E-state index in [4.69, 9.17) is 0 Å². The molecular formula is C22H25N5O2S. The Labute approximate surface area is 180 Å². The normalized spacial score (nSPS) is 19.4. The number of pyridine rings is 1. The van der Waals surface area contributed by atoms with Gasteiger partial charge in [0.25, 0.3) is 11.1 Å². The number of hydrogen-bond donors (Lipinski definition) is 1. The molecule has 2 amide bonds. The van der Waals surface area contributed by atoms with Gasteiger partial charge in [-0.2, -0.15) is 0 Å². The van der Waals surface area contributed by atoms with Crippen LogP contribution in [-0.2, 0) is 17.8 Å². The Kier molecular flexibility index (Phi) is 6.54. The lowest BCUT2D eigenvalue weighted by atomic mass is 9.92. The summed E-state index contributed by atoms with van der Waals surface area (Å²) in [4.78, 5) is 39.4. The van der Waals surface area contributed by atoms with Crippen molar-refractivity contribution in [3.63, 3.8) is 0 Å². The van der Waals surface area contributed by atoms with Gasteiger partial charge in [-0.1, -0.05) is 6.07 Å². The van der Waals surface area contributed by atoms with E-state index in [2.05, 4.69) is 37.3 Å². The lowest BCUT2D eigenvalue weighted by molar-refractivity contribution is -0.115. The Morgan fingerprint density at radius 3 is 2.77 bits per heavy atom. The number of aryl methyl sites for hydroxylation is 2. The fourth-order valence-electron chi connectivity index (χ4n) is 3.85. The van der Waals surface area contributed by atoms with Crippen molar-refractivity contribution in [1.82, 2.24) is 25.2 Å². The summed E-state index contributed by atoms with van der Waals surface area (Å²) < 4.78 is 0. The fraction of sp³-hybridized carbons (Fsp3) is 0.409. The number of carbonyl (C=O) groups excluding carboxylic acids is 2. The van der Waals surface area contributed by atoms with E-state index in [1.54, 1.807) is 18.3 Å². The molecule has 0 saturated carbocycles. The zero-order valence-electron chi connectivity index (χ0n) is 17.0. The number of aromatic nitrogens is 3.